The number of nitrogens with zero attached hydrogens (tertiary/aromatic N) is 2. The topological polar surface area (TPSA) is 98.8 Å². The molecule has 0 radical (unpaired) electrons. The number of benzene rings is 1. The minimum atomic E-state index is -3.82. The second kappa shape index (κ2) is 9.02. The smallest absolute Gasteiger partial charge is 0.251 e. The Kier molecular flexibility index (Phi) is 6.69. The van der Waals surface area contributed by atoms with E-state index in [0.29, 0.717) is 5.56 Å². The van der Waals surface area contributed by atoms with Crippen LogP contribution in [-0.4, -0.2) is 74.7 Å². The van der Waals surface area contributed by atoms with Crippen molar-refractivity contribution >= 4 is 21.8 Å². The summed E-state index contributed by atoms with van der Waals surface area (Å²) >= 11 is 0. The molecule has 1 atom stereocenters. The number of hydrogen-bond donors (Lipinski definition) is 2. The monoisotopic (exact) mass is 408 g/mol. The van der Waals surface area contributed by atoms with Crippen LogP contribution in [0.25, 0.3) is 0 Å². The van der Waals surface area contributed by atoms with Crippen molar-refractivity contribution < 1.29 is 18.0 Å². The summed E-state index contributed by atoms with van der Waals surface area (Å²) in [6, 6.07) is 5.96. The summed E-state index contributed by atoms with van der Waals surface area (Å²) < 4.78 is 26.7. The first-order chi connectivity index (χ1) is 13.4. The molecule has 2 heterocycles. The van der Waals surface area contributed by atoms with Crippen molar-refractivity contribution in [2.24, 2.45) is 0 Å². The number of piperazine rings is 1. The zero-order valence-corrected chi connectivity index (χ0v) is 17.0. The van der Waals surface area contributed by atoms with E-state index in [1.54, 1.807) is 12.1 Å². The highest BCUT2D eigenvalue weighted by Gasteiger charge is 2.29. The lowest BCUT2D eigenvalue weighted by atomic mass is 10.1. The molecule has 2 aliphatic heterocycles. The van der Waals surface area contributed by atoms with Crippen LogP contribution in [0.5, 0.6) is 0 Å². The highest BCUT2D eigenvalue weighted by Crippen LogP contribution is 2.18. The van der Waals surface area contributed by atoms with Gasteiger partial charge in [-0.1, -0.05) is 12.5 Å². The van der Waals surface area contributed by atoms with Crippen molar-refractivity contribution in [3.8, 4) is 0 Å². The van der Waals surface area contributed by atoms with Gasteiger partial charge in [-0.25, -0.2) is 8.42 Å². The number of hydrogen-bond acceptors (Lipinski definition) is 5. The van der Waals surface area contributed by atoms with Crippen LogP contribution in [0.1, 0.15) is 36.5 Å². The van der Waals surface area contributed by atoms with Crippen LogP contribution >= 0.6 is 0 Å². The summed E-state index contributed by atoms with van der Waals surface area (Å²) in [5.74, 6) is -0.617. The largest absolute Gasteiger partial charge is 0.354 e. The number of piperidine rings is 1. The number of rotatable bonds is 6. The Hall–Kier alpha value is -1.97. The standard InChI is InChI=1S/C19H28N4O4S/c1-15(13-22-9-3-2-4-10-22)21-19(25)16-6-5-7-17(12-16)28(26,27)23-11-8-20-18(24)14-23/h5-7,12,15H,2-4,8-11,13-14H2,1H3,(H,20,24)(H,21,25). The minimum absolute atomic E-state index is 0.0264. The van der Waals surface area contributed by atoms with E-state index in [2.05, 4.69) is 15.5 Å². The molecule has 9 heteroatoms. The van der Waals surface area contributed by atoms with Gasteiger partial charge in [0.1, 0.15) is 0 Å². The average Bonchev–Trinajstić information content (AvgIpc) is 2.68. The lowest BCUT2D eigenvalue weighted by Crippen LogP contribution is -2.49. The van der Waals surface area contributed by atoms with Gasteiger partial charge in [0, 0.05) is 31.2 Å². The molecule has 2 amide bonds. The zero-order chi connectivity index (χ0) is 20.1. The maximum atomic E-state index is 12.8. The van der Waals surface area contributed by atoms with Gasteiger partial charge < -0.3 is 15.5 Å². The Balaban J connectivity index is 1.66. The van der Waals surface area contributed by atoms with E-state index in [1.165, 1.54) is 31.4 Å². The van der Waals surface area contributed by atoms with Crippen molar-refractivity contribution in [1.82, 2.24) is 19.8 Å². The summed E-state index contributed by atoms with van der Waals surface area (Å²) in [5.41, 5.74) is 0.299. The van der Waals surface area contributed by atoms with Crippen LogP contribution in [-0.2, 0) is 14.8 Å². The van der Waals surface area contributed by atoms with E-state index < -0.39 is 10.0 Å². The molecular formula is C19H28N4O4S. The first-order valence-corrected chi connectivity index (χ1v) is 11.2. The molecule has 0 spiro atoms. The number of sulfonamides is 1. The van der Waals surface area contributed by atoms with Crippen molar-refractivity contribution in [2.45, 2.75) is 37.1 Å². The predicted molar refractivity (Wildman–Crippen MR) is 105 cm³/mol. The van der Waals surface area contributed by atoms with Gasteiger partial charge in [0.05, 0.1) is 11.4 Å². The molecule has 3 rings (SSSR count). The molecule has 2 N–H and O–H groups in total. The fourth-order valence-corrected chi connectivity index (χ4v) is 5.09. The van der Waals surface area contributed by atoms with Gasteiger partial charge in [-0.15, -0.1) is 0 Å². The first-order valence-electron chi connectivity index (χ1n) is 9.76. The molecule has 28 heavy (non-hydrogen) atoms. The van der Waals surface area contributed by atoms with E-state index in [9.17, 15) is 18.0 Å². The molecule has 2 aliphatic rings. The lowest BCUT2D eigenvalue weighted by molar-refractivity contribution is -0.122. The number of carbonyl (C=O) groups excluding carboxylic acids is 2. The maximum absolute atomic E-state index is 12.8. The summed E-state index contributed by atoms with van der Waals surface area (Å²) in [5, 5.41) is 5.56. The van der Waals surface area contributed by atoms with Crippen LogP contribution < -0.4 is 10.6 Å². The Bertz CT molecular complexity index is 821. The van der Waals surface area contributed by atoms with Gasteiger partial charge in [0.2, 0.25) is 15.9 Å². The molecule has 1 aromatic carbocycles. The molecule has 2 saturated heterocycles. The fraction of sp³-hybridized carbons (Fsp3) is 0.579. The van der Waals surface area contributed by atoms with Gasteiger partial charge in [-0.05, 0) is 51.1 Å². The summed E-state index contributed by atoms with van der Waals surface area (Å²) in [6.07, 6.45) is 3.64. The molecule has 0 saturated carbocycles. The van der Waals surface area contributed by atoms with E-state index >= 15 is 0 Å². The molecule has 1 aromatic rings. The highest BCUT2D eigenvalue weighted by atomic mass is 32.2. The molecule has 0 aliphatic carbocycles. The third kappa shape index (κ3) is 5.09. The van der Waals surface area contributed by atoms with Crippen LogP contribution in [0.4, 0.5) is 0 Å². The van der Waals surface area contributed by atoms with E-state index in [1.807, 2.05) is 6.92 Å². The Morgan fingerprint density at radius 1 is 1.21 bits per heavy atom. The van der Waals surface area contributed by atoms with Crippen LogP contribution in [0.15, 0.2) is 29.2 Å². The summed E-state index contributed by atoms with van der Waals surface area (Å²) in [4.78, 5) is 26.5. The van der Waals surface area contributed by atoms with E-state index in [0.717, 1.165) is 23.9 Å². The van der Waals surface area contributed by atoms with Crippen LogP contribution in [0, 0.1) is 0 Å². The van der Waals surface area contributed by atoms with Gasteiger partial charge in [0.15, 0.2) is 0 Å². The molecule has 8 nitrogen and oxygen atoms in total. The van der Waals surface area contributed by atoms with Gasteiger partial charge in [-0.2, -0.15) is 4.31 Å². The summed E-state index contributed by atoms with van der Waals surface area (Å²) in [6.45, 7) is 5.15. The molecule has 2 fully saturated rings. The molecule has 1 unspecified atom stereocenters. The van der Waals surface area contributed by atoms with Crippen molar-refractivity contribution in [1.29, 1.82) is 0 Å². The van der Waals surface area contributed by atoms with Gasteiger partial charge in [-0.3, -0.25) is 9.59 Å². The minimum Gasteiger partial charge on any atom is -0.354 e. The van der Waals surface area contributed by atoms with Gasteiger partial charge >= 0.3 is 0 Å². The van der Waals surface area contributed by atoms with Crippen molar-refractivity contribution in [2.75, 3.05) is 39.3 Å². The molecule has 0 aromatic heterocycles. The van der Waals surface area contributed by atoms with Crippen LogP contribution in [0.3, 0.4) is 0 Å². The maximum Gasteiger partial charge on any atom is 0.251 e. The molecular weight excluding hydrogens is 380 g/mol. The summed E-state index contributed by atoms with van der Waals surface area (Å²) in [7, 11) is -3.82. The first kappa shape index (κ1) is 20.8. The zero-order valence-electron chi connectivity index (χ0n) is 16.2. The number of nitrogens with one attached hydrogen (secondary N) is 2. The van der Waals surface area contributed by atoms with Gasteiger partial charge in [0.25, 0.3) is 5.91 Å². The highest BCUT2D eigenvalue weighted by molar-refractivity contribution is 7.89. The lowest BCUT2D eigenvalue weighted by Gasteiger charge is -2.29. The number of likely N-dealkylation sites (tertiary alicyclic amines) is 1. The Morgan fingerprint density at radius 3 is 2.68 bits per heavy atom. The molecule has 154 valence electrons. The quantitative estimate of drug-likeness (QED) is 0.710. The van der Waals surface area contributed by atoms with E-state index in [-0.39, 0.29) is 42.4 Å². The normalized spacial score (nSPS) is 20.4. The van der Waals surface area contributed by atoms with E-state index in [4.69, 9.17) is 0 Å². The average molecular weight is 409 g/mol. The number of carbonyl (C=O) groups is 2. The van der Waals surface area contributed by atoms with Crippen LogP contribution in [0.2, 0.25) is 0 Å². The number of amides is 2. The molecule has 0 bridgehead atoms. The fourth-order valence-electron chi connectivity index (χ4n) is 3.65. The predicted octanol–water partition coefficient (Wildman–Crippen LogP) is 0.411. The van der Waals surface area contributed by atoms with Crippen molar-refractivity contribution in [3.63, 3.8) is 0 Å². The Morgan fingerprint density at radius 2 is 1.96 bits per heavy atom. The third-order valence-electron chi connectivity index (χ3n) is 5.10. The SMILES string of the molecule is CC(CN1CCCCC1)NC(=O)c1cccc(S(=O)(=O)N2CCNC(=O)C2)c1. The second-order valence-corrected chi connectivity index (χ2v) is 9.39. The Labute approximate surface area is 166 Å². The van der Waals surface area contributed by atoms with Crippen molar-refractivity contribution in [3.05, 3.63) is 29.8 Å². The third-order valence-corrected chi connectivity index (χ3v) is 6.94. The second-order valence-electron chi connectivity index (χ2n) is 7.45.